The molecule has 4 heteroatoms. The zero-order valence-electron chi connectivity index (χ0n) is 8.64. The number of benzene rings is 1. The van der Waals surface area contributed by atoms with Gasteiger partial charge in [-0.05, 0) is 19.2 Å². The second-order valence-corrected chi connectivity index (χ2v) is 3.34. The number of nitrogens with two attached hydrogens (primary N) is 1. The number of aromatic nitrogens is 2. The zero-order valence-corrected chi connectivity index (χ0v) is 8.64. The van der Waals surface area contributed by atoms with Crippen molar-refractivity contribution < 1.29 is 0 Å². The van der Waals surface area contributed by atoms with E-state index in [1.165, 1.54) is 0 Å². The first kappa shape index (κ1) is 9.73. The van der Waals surface area contributed by atoms with E-state index in [0.717, 1.165) is 17.9 Å². The van der Waals surface area contributed by atoms with Crippen LogP contribution in [0.1, 0.15) is 5.69 Å². The topological polar surface area (TPSA) is 55.9 Å². The Morgan fingerprint density at radius 2 is 2.07 bits per heavy atom. The summed E-state index contributed by atoms with van der Waals surface area (Å²) in [4.78, 5) is 0. The van der Waals surface area contributed by atoms with E-state index >= 15 is 0 Å². The maximum atomic E-state index is 5.88. The SMILES string of the molecule is CNCc1cc(N)n(-c2ccccc2)n1. The molecule has 3 N–H and O–H groups in total. The number of nitrogens with zero attached hydrogens (tertiary/aromatic N) is 2. The van der Waals surface area contributed by atoms with Gasteiger partial charge in [-0.15, -0.1) is 0 Å². The molecule has 2 aromatic rings. The molecule has 0 spiro atoms. The van der Waals surface area contributed by atoms with Gasteiger partial charge < -0.3 is 11.1 Å². The second kappa shape index (κ2) is 4.14. The zero-order chi connectivity index (χ0) is 10.7. The van der Waals surface area contributed by atoms with Gasteiger partial charge in [0.1, 0.15) is 5.82 Å². The van der Waals surface area contributed by atoms with E-state index in [0.29, 0.717) is 5.82 Å². The molecule has 1 aromatic heterocycles. The van der Waals surface area contributed by atoms with Crippen molar-refractivity contribution >= 4 is 5.82 Å². The molecule has 2 rings (SSSR count). The molecule has 0 fully saturated rings. The molecular formula is C11H14N4. The van der Waals surface area contributed by atoms with Crippen LogP contribution >= 0.6 is 0 Å². The van der Waals surface area contributed by atoms with Crippen LogP contribution in [-0.4, -0.2) is 16.8 Å². The van der Waals surface area contributed by atoms with Crippen molar-refractivity contribution in [1.29, 1.82) is 0 Å². The van der Waals surface area contributed by atoms with Crippen molar-refractivity contribution in [2.75, 3.05) is 12.8 Å². The molecule has 0 aliphatic carbocycles. The van der Waals surface area contributed by atoms with Crippen LogP contribution in [-0.2, 0) is 6.54 Å². The fourth-order valence-electron chi connectivity index (χ4n) is 1.49. The largest absolute Gasteiger partial charge is 0.384 e. The van der Waals surface area contributed by atoms with Crippen LogP contribution in [0.5, 0.6) is 0 Å². The quantitative estimate of drug-likeness (QED) is 0.785. The Kier molecular flexibility index (Phi) is 2.69. The van der Waals surface area contributed by atoms with Gasteiger partial charge in [-0.25, -0.2) is 4.68 Å². The highest BCUT2D eigenvalue weighted by Gasteiger charge is 2.05. The van der Waals surface area contributed by atoms with Crippen LogP contribution in [0.3, 0.4) is 0 Å². The molecule has 0 bridgehead atoms. The Morgan fingerprint density at radius 3 is 2.73 bits per heavy atom. The lowest BCUT2D eigenvalue weighted by Gasteiger charge is -2.02. The predicted molar refractivity (Wildman–Crippen MR) is 60.7 cm³/mol. The molecule has 0 saturated heterocycles. The van der Waals surface area contributed by atoms with Gasteiger partial charge in [-0.2, -0.15) is 5.10 Å². The monoisotopic (exact) mass is 202 g/mol. The Bertz CT molecular complexity index is 433. The Labute approximate surface area is 88.7 Å². The third-order valence-electron chi connectivity index (χ3n) is 2.15. The maximum absolute atomic E-state index is 5.88. The molecule has 1 aromatic carbocycles. The summed E-state index contributed by atoms with van der Waals surface area (Å²) in [7, 11) is 1.89. The van der Waals surface area contributed by atoms with Crippen molar-refractivity contribution in [3.63, 3.8) is 0 Å². The molecular weight excluding hydrogens is 188 g/mol. The first-order valence-electron chi connectivity index (χ1n) is 4.85. The fourth-order valence-corrected chi connectivity index (χ4v) is 1.49. The first-order chi connectivity index (χ1) is 7.31. The summed E-state index contributed by atoms with van der Waals surface area (Å²) in [5, 5.41) is 7.44. The smallest absolute Gasteiger partial charge is 0.127 e. The van der Waals surface area contributed by atoms with Crippen LogP contribution in [0, 0.1) is 0 Å². The third-order valence-corrected chi connectivity index (χ3v) is 2.15. The van der Waals surface area contributed by atoms with Gasteiger partial charge >= 0.3 is 0 Å². The normalized spacial score (nSPS) is 10.5. The highest BCUT2D eigenvalue weighted by atomic mass is 15.3. The number of hydrogen-bond acceptors (Lipinski definition) is 3. The lowest BCUT2D eigenvalue weighted by Crippen LogP contribution is -2.06. The van der Waals surface area contributed by atoms with Crippen molar-refractivity contribution in [2.45, 2.75) is 6.54 Å². The number of anilines is 1. The Balaban J connectivity index is 2.36. The van der Waals surface area contributed by atoms with Gasteiger partial charge in [-0.1, -0.05) is 18.2 Å². The molecule has 0 aliphatic heterocycles. The van der Waals surface area contributed by atoms with Gasteiger partial charge in [0.15, 0.2) is 0 Å². The van der Waals surface area contributed by atoms with E-state index in [1.54, 1.807) is 4.68 Å². The highest BCUT2D eigenvalue weighted by molar-refractivity contribution is 5.42. The average Bonchev–Trinajstić information content (AvgIpc) is 2.61. The van der Waals surface area contributed by atoms with Crippen LogP contribution in [0.4, 0.5) is 5.82 Å². The molecule has 0 saturated carbocycles. The van der Waals surface area contributed by atoms with Gasteiger partial charge in [0.2, 0.25) is 0 Å². The highest BCUT2D eigenvalue weighted by Crippen LogP contribution is 2.13. The second-order valence-electron chi connectivity index (χ2n) is 3.34. The summed E-state index contributed by atoms with van der Waals surface area (Å²) in [6, 6.07) is 11.7. The average molecular weight is 202 g/mol. The van der Waals surface area contributed by atoms with Gasteiger partial charge in [0, 0.05) is 12.6 Å². The van der Waals surface area contributed by atoms with Gasteiger partial charge in [0.05, 0.1) is 11.4 Å². The molecule has 1 heterocycles. The predicted octanol–water partition coefficient (Wildman–Crippen LogP) is 1.17. The molecule has 4 nitrogen and oxygen atoms in total. The lowest BCUT2D eigenvalue weighted by atomic mass is 10.3. The molecule has 0 radical (unpaired) electrons. The Hall–Kier alpha value is -1.81. The van der Waals surface area contributed by atoms with E-state index in [1.807, 2.05) is 43.4 Å². The summed E-state index contributed by atoms with van der Waals surface area (Å²) in [6.07, 6.45) is 0. The molecule has 0 aliphatic rings. The summed E-state index contributed by atoms with van der Waals surface area (Å²) in [5.74, 6) is 0.659. The molecule has 15 heavy (non-hydrogen) atoms. The van der Waals surface area contributed by atoms with E-state index < -0.39 is 0 Å². The minimum atomic E-state index is 0.659. The summed E-state index contributed by atoms with van der Waals surface area (Å²) < 4.78 is 1.74. The van der Waals surface area contributed by atoms with Gasteiger partial charge in [0.25, 0.3) is 0 Å². The first-order valence-corrected chi connectivity index (χ1v) is 4.85. The van der Waals surface area contributed by atoms with Crippen LogP contribution in [0.25, 0.3) is 5.69 Å². The fraction of sp³-hybridized carbons (Fsp3) is 0.182. The van der Waals surface area contributed by atoms with Crippen LogP contribution in [0.15, 0.2) is 36.4 Å². The van der Waals surface area contributed by atoms with Crippen LogP contribution in [0.2, 0.25) is 0 Å². The standard InChI is InChI=1S/C11H14N4/c1-13-8-9-7-11(12)15(14-9)10-5-3-2-4-6-10/h2-7,13H,8,12H2,1H3. The van der Waals surface area contributed by atoms with Gasteiger partial charge in [-0.3, -0.25) is 0 Å². The summed E-state index contributed by atoms with van der Waals surface area (Å²) in [5.41, 5.74) is 7.80. The molecule has 0 unspecified atom stereocenters. The minimum absolute atomic E-state index is 0.659. The van der Waals surface area contributed by atoms with Crippen molar-refractivity contribution in [3.05, 3.63) is 42.1 Å². The third kappa shape index (κ3) is 1.99. The minimum Gasteiger partial charge on any atom is -0.384 e. The summed E-state index contributed by atoms with van der Waals surface area (Å²) >= 11 is 0. The number of nitrogens with one attached hydrogen (secondary N) is 1. The number of para-hydroxylation sites is 1. The number of nitrogen functional groups attached to an aromatic ring is 1. The van der Waals surface area contributed by atoms with E-state index in [2.05, 4.69) is 10.4 Å². The molecule has 0 atom stereocenters. The van der Waals surface area contributed by atoms with E-state index in [4.69, 9.17) is 5.73 Å². The Morgan fingerprint density at radius 1 is 1.33 bits per heavy atom. The van der Waals surface area contributed by atoms with E-state index in [-0.39, 0.29) is 0 Å². The molecule has 0 amide bonds. The molecule has 78 valence electrons. The van der Waals surface area contributed by atoms with Crippen LogP contribution < -0.4 is 11.1 Å². The summed E-state index contributed by atoms with van der Waals surface area (Å²) in [6.45, 7) is 0.726. The van der Waals surface area contributed by atoms with Crippen molar-refractivity contribution in [2.24, 2.45) is 0 Å². The van der Waals surface area contributed by atoms with Crippen molar-refractivity contribution in [3.8, 4) is 5.69 Å². The maximum Gasteiger partial charge on any atom is 0.127 e. The number of hydrogen-bond donors (Lipinski definition) is 2. The van der Waals surface area contributed by atoms with E-state index in [9.17, 15) is 0 Å². The van der Waals surface area contributed by atoms with Crippen molar-refractivity contribution in [1.82, 2.24) is 15.1 Å². The lowest BCUT2D eigenvalue weighted by molar-refractivity contribution is 0.759. The number of rotatable bonds is 3.